The number of alkyl halides is 2. The fourth-order valence-electron chi connectivity index (χ4n) is 0.0204. The molecule has 0 atom stereocenters. The number of thioether (sulfide) groups is 1. The number of halogens is 2. The minimum absolute atomic E-state index is 0.222. The molecule has 2 nitrogen and oxygen atoms in total. The van der Waals surface area contributed by atoms with Gasteiger partial charge >= 0.3 is 0 Å². The summed E-state index contributed by atoms with van der Waals surface area (Å²) in [6.45, 7) is 1.70. The molecule has 50 valence electrons. The second-order valence-electron chi connectivity index (χ2n) is 0.804. The topological polar surface area (TPSA) is 47.6 Å². The number of hydrogen-bond acceptors (Lipinski definition) is 3. The zero-order valence-corrected chi connectivity index (χ0v) is 6.96. The monoisotopic (exact) mass is 182 g/mol. The van der Waals surface area contributed by atoms with Gasteiger partial charge in [0.2, 0.25) is 0 Å². The van der Waals surface area contributed by atoms with Gasteiger partial charge in [-0.25, -0.2) is 0 Å². The van der Waals surface area contributed by atoms with E-state index in [2.05, 4.69) is 0 Å². The van der Waals surface area contributed by atoms with Gasteiger partial charge in [0.1, 0.15) is 15.6 Å². The molecule has 0 radical (unpaired) electrons. The number of rotatable bonds is 0. The van der Waals surface area contributed by atoms with Crippen LogP contribution in [0.4, 0.5) is 0 Å². The zero-order valence-electron chi connectivity index (χ0n) is 4.64. The molecule has 0 aliphatic rings. The van der Waals surface area contributed by atoms with E-state index in [1.807, 2.05) is 0 Å². The van der Waals surface area contributed by atoms with Crippen molar-refractivity contribution in [2.75, 3.05) is 0 Å². The average molecular weight is 183 g/mol. The highest BCUT2D eigenvalue weighted by atomic mass is 35.5. The van der Waals surface area contributed by atoms with Gasteiger partial charge in [-0.15, -0.1) is 23.2 Å². The molecule has 0 aliphatic heterocycles. The lowest BCUT2D eigenvalue weighted by Crippen LogP contribution is -1.63. The van der Waals surface area contributed by atoms with Gasteiger partial charge in [0.25, 0.3) is 0 Å². The Hall–Kier alpha value is -0.0900. The lowest BCUT2D eigenvalue weighted by atomic mass is 11.0. The van der Waals surface area contributed by atoms with Gasteiger partial charge in [0.15, 0.2) is 0 Å². The van der Waals surface area contributed by atoms with Crippen LogP contribution in [0.5, 0.6) is 0 Å². The van der Waals surface area contributed by atoms with E-state index in [9.17, 15) is 0 Å². The van der Waals surface area contributed by atoms with E-state index in [0.717, 1.165) is 0 Å². The van der Waals surface area contributed by atoms with E-state index in [0.29, 0.717) is 11.8 Å². The second-order valence-corrected chi connectivity index (χ2v) is 2.91. The molecule has 0 heterocycles. The van der Waals surface area contributed by atoms with Crippen LogP contribution < -0.4 is 0 Å². The summed E-state index contributed by atoms with van der Waals surface area (Å²) in [6, 6.07) is 0. The minimum atomic E-state index is -0.222. The Bertz CT molecular complexity index is 109. The summed E-state index contributed by atoms with van der Waals surface area (Å²) in [6.07, 6.45) is 0. The maximum Gasteiger partial charge on any atom is 0.149 e. The summed E-state index contributed by atoms with van der Waals surface area (Å²) < 4.78 is 0. The standard InChI is InChI=1S/C2H4Cl2.C2N2S/c1-2(3)4;3-1-5-2-4/h2H,1H3;. The average Bonchev–Trinajstić information content (AvgIpc) is 1.66. The van der Waals surface area contributed by atoms with Crippen LogP contribution >= 0.6 is 35.0 Å². The summed E-state index contributed by atoms with van der Waals surface area (Å²) in [5.74, 6) is 0. The smallest absolute Gasteiger partial charge is 0.149 e. The molecule has 5 heteroatoms. The minimum Gasteiger partial charge on any atom is -0.184 e. The van der Waals surface area contributed by atoms with E-state index >= 15 is 0 Å². The third-order valence-electron chi connectivity index (χ3n) is 0.0913. The van der Waals surface area contributed by atoms with Crippen molar-refractivity contribution in [2.45, 2.75) is 11.8 Å². The van der Waals surface area contributed by atoms with Crippen molar-refractivity contribution in [1.29, 1.82) is 10.5 Å². The van der Waals surface area contributed by atoms with Crippen molar-refractivity contribution in [3.63, 3.8) is 0 Å². The van der Waals surface area contributed by atoms with Crippen LogP contribution in [0.1, 0.15) is 6.92 Å². The largest absolute Gasteiger partial charge is 0.184 e. The van der Waals surface area contributed by atoms with Crippen molar-refractivity contribution in [3.8, 4) is 10.8 Å². The van der Waals surface area contributed by atoms with E-state index in [1.54, 1.807) is 17.7 Å². The molecule has 0 amide bonds. The van der Waals surface area contributed by atoms with Gasteiger partial charge in [-0.05, 0) is 6.92 Å². The third kappa shape index (κ3) is 75.7. The second kappa shape index (κ2) is 10.8. The molecule has 0 N–H and O–H groups in total. The van der Waals surface area contributed by atoms with Crippen molar-refractivity contribution in [1.82, 2.24) is 0 Å². The predicted molar refractivity (Wildman–Crippen MR) is 40.0 cm³/mol. The predicted octanol–water partition coefficient (Wildman–Crippen LogP) is 2.49. The molecule has 0 aromatic carbocycles. The van der Waals surface area contributed by atoms with Crippen LogP contribution in [-0.4, -0.2) is 4.84 Å². The molecule has 0 unspecified atom stereocenters. The molecular formula is C4H4Cl2N2S. The first kappa shape index (κ1) is 11.7. The van der Waals surface area contributed by atoms with E-state index in [4.69, 9.17) is 33.7 Å². The first-order chi connectivity index (χ1) is 4.15. The van der Waals surface area contributed by atoms with Gasteiger partial charge < -0.3 is 0 Å². The Kier molecular flexibility index (Phi) is 14.0. The number of thiocyanates is 2. The summed E-state index contributed by atoms with van der Waals surface area (Å²) in [5.41, 5.74) is 0. The summed E-state index contributed by atoms with van der Waals surface area (Å²) >= 11 is 10.7. The number of nitrogens with zero attached hydrogens (tertiary/aromatic N) is 2. The fraction of sp³-hybridized carbons (Fsp3) is 0.500. The number of hydrogen-bond donors (Lipinski definition) is 0. The SMILES string of the molecule is CC(Cl)Cl.N#CSC#N. The van der Waals surface area contributed by atoms with Crippen LogP contribution in [-0.2, 0) is 0 Å². The van der Waals surface area contributed by atoms with Crippen LogP contribution in [0.15, 0.2) is 0 Å². The van der Waals surface area contributed by atoms with Crippen LogP contribution in [0, 0.1) is 21.3 Å². The highest BCUT2D eigenvalue weighted by molar-refractivity contribution is 8.07. The van der Waals surface area contributed by atoms with E-state index in [1.165, 1.54) is 0 Å². The van der Waals surface area contributed by atoms with Gasteiger partial charge in [-0.2, -0.15) is 10.5 Å². The molecular weight excluding hydrogens is 179 g/mol. The molecule has 0 saturated carbocycles. The maximum absolute atomic E-state index is 7.56. The first-order valence-electron chi connectivity index (χ1n) is 1.87. The van der Waals surface area contributed by atoms with Crippen molar-refractivity contribution in [3.05, 3.63) is 0 Å². The molecule has 0 spiro atoms. The molecule has 9 heavy (non-hydrogen) atoms. The van der Waals surface area contributed by atoms with E-state index in [-0.39, 0.29) is 4.84 Å². The fourth-order valence-corrected chi connectivity index (χ4v) is 0.0612. The Morgan fingerprint density at radius 3 is 1.56 bits per heavy atom. The lowest BCUT2D eigenvalue weighted by molar-refractivity contribution is 1.39. The van der Waals surface area contributed by atoms with Crippen LogP contribution in [0.2, 0.25) is 0 Å². The van der Waals surface area contributed by atoms with Crippen LogP contribution in [0.3, 0.4) is 0 Å². The Morgan fingerprint density at radius 1 is 1.33 bits per heavy atom. The summed E-state index contributed by atoms with van der Waals surface area (Å²) in [5, 5.41) is 18.3. The molecule has 0 saturated heterocycles. The summed E-state index contributed by atoms with van der Waals surface area (Å²) in [4.78, 5) is -0.222. The zero-order chi connectivity index (χ0) is 7.70. The molecule has 0 aromatic heterocycles. The Morgan fingerprint density at radius 2 is 1.56 bits per heavy atom. The quantitative estimate of drug-likeness (QED) is 0.428. The van der Waals surface area contributed by atoms with Crippen molar-refractivity contribution in [2.24, 2.45) is 0 Å². The Balaban J connectivity index is 0. The van der Waals surface area contributed by atoms with Crippen molar-refractivity contribution < 1.29 is 0 Å². The molecule has 0 bridgehead atoms. The molecule has 0 fully saturated rings. The van der Waals surface area contributed by atoms with Crippen LogP contribution in [0.25, 0.3) is 0 Å². The molecule has 0 aliphatic carbocycles. The van der Waals surface area contributed by atoms with Crippen molar-refractivity contribution >= 4 is 35.0 Å². The van der Waals surface area contributed by atoms with Gasteiger partial charge in [0.05, 0.1) is 11.8 Å². The first-order valence-corrected chi connectivity index (χ1v) is 3.56. The Labute approximate surface area is 68.4 Å². The molecule has 0 rings (SSSR count). The third-order valence-corrected chi connectivity index (χ3v) is 0.274. The maximum atomic E-state index is 7.56. The number of nitriles is 2. The normalized spacial score (nSPS) is 6.44. The van der Waals surface area contributed by atoms with Gasteiger partial charge in [-0.3, -0.25) is 0 Å². The van der Waals surface area contributed by atoms with E-state index < -0.39 is 0 Å². The highest BCUT2D eigenvalue weighted by Gasteiger charge is 1.75. The van der Waals surface area contributed by atoms with Gasteiger partial charge in [-0.1, -0.05) is 0 Å². The summed E-state index contributed by atoms with van der Waals surface area (Å²) in [7, 11) is 0. The molecule has 0 aromatic rings. The highest BCUT2D eigenvalue weighted by Crippen LogP contribution is 1.95. The van der Waals surface area contributed by atoms with Gasteiger partial charge in [0, 0.05) is 0 Å². The lowest BCUT2D eigenvalue weighted by Gasteiger charge is -1.72.